The molecule has 0 bridgehead atoms. The van der Waals surface area contributed by atoms with Crippen LogP contribution in [0, 0.1) is 11.8 Å². The summed E-state index contributed by atoms with van der Waals surface area (Å²) in [4.78, 5) is 43.3. The van der Waals surface area contributed by atoms with Crippen LogP contribution in [0.2, 0.25) is 0 Å². The third-order valence-corrected chi connectivity index (χ3v) is 2.27. The minimum Gasteiger partial charge on any atom is -0.481 e. The van der Waals surface area contributed by atoms with Crippen LogP contribution in [0.25, 0.3) is 0 Å². The van der Waals surface area contributed by atoms with Gasteiger partial charge in [-0.1, -0.05) is 13.8 Å². The Morgan fingerprint density at radius 3 is 1.83 bits per heavy atom. The highest BCUT2D eigenvalue weighted by molar-refractivity contribution is 5.87. The molecule has 0 rings (SSSR count). The van der Waals surface area contributed by atoms with Gasteiger partial charge in [0.15, 0.2) is 5.78 Å². The lowest BCUT2D eigenvalue weighted by Gasteiger charge is -2.11. The van der Waals surface area contributed by atoms with E-state index >= 15 is 0 Å². The first-order valence-electron chi connectivity index (χ1n) is 5.37. The average molecular weight is 260 g/mol. The lowest BCUT2D eigenvalue weighted by molar-refractivity contribution is -0.155. The van der Waals surface area contributed by atoms with Gasteiger partial charge in [0.05, 0.1) is 18.8 Å². The zero-order chi connectivity index (χ0) is 14.3. The Morgan fingerprint density at radius 2 is 1.39 bits per heavy atom. The van der Waals surface area contributed by atoms with E-state index in [0.717, 1.165) is 0 Å². The molecule has 0 spiro atoms. The Bertz CT molecular complexity index is 313. The van der Waals surface area contributed by atoms with Gasteiger partial charge < -0.3 is 14.9 Å². The lowest BCUT2D eigenvalue weighted by Crippen LogP contribution is -2.25. The second-order valence-corrected chi connectivity index (χ2v) is 4.07. The minimum atomic E-state index is -1.13. The number of aliphatic carboxylic acids is 2. The zero-order valence-electron chi connectivity index (χ0n) is 10.2. The smallest absolute Gasteiger partial charge is 0.309 e. The third-order valence-electron chi connectivity index (χ3n) is 2.27. The van der Waals surface area contributed by atoms with Gasteiger partial charge in [-0.25, -0.2) is 0 Å². The summed E-state index contributed by atoms with van der Waals surface area (Å²) in [6, 6.07) is 0. The van der Waals surface area contributed by atoms with E-state index in [1.54, 1.807) is 0 Å². The van der Waals surface area contributed by atoms with Crippen molar-refractivity contribution in [2.75, 3.05) is 6.61 Å². The fourth-order valence-corrected chi connectivity index (χ4v) is 1.15. The van der Waals surface area contributed by atoms with Crippen molar-refractivity contribution in [3.63, 3.8) is 0 Å². The van der Waals surface area contributed by atoms with Crippen LogP contribution < -0.4 is 0 Å². The number of carboxylic acids is 2. The topological polar surface area (TPSA) is 118 Å². The van der Waals surface area contributed by atoms with Crippen molar-refractivity contribution in [3.8, 4) is 0 Å². The molecule has 0 radical (unpaired) electrons. The number of carboxylic acid groups (broad SMARTS) is 2. The molecule has 0 aliphatic carbocycles. The summed E-state index contributed by atoms with van der Waals surface area (Å²) < 4.78 is 4.62. The van der Waals surface area contributed by atoms with E-state index in [1.807, 2.05) is 0 Å². The van der Waals surface area contributed by atoms with Gasteiger partial charge in [-0.3, -0.25) is 19.2 Å². The Morgan fingerprint density at radius 1 is 0.944 bits per heavy atom. The standard InChI is InChI=1S/C11H16O7/c1-6(3-9(13)14)8(12)5-18-11(17)7(2)4-10(15)16/h6-7H,3-5H2,1-2H3,(H,13,14)(H,15,16). The molecule has 0 heterocycles. The predicted molar refractivity (Wildman–Crippen MR) is 58.8 cm³/mol. The Balaban J connectivity index is 4.08. The maximum absolute atomic E-state index is 11.4. The molecule has 102 valence electrons. The SMILES string of the molecule is CC(CC(=O)O)C(=O)COC(=O)C(C)CC(=O)O. The normalized spacial score (nSPS) is 13.4. The van der Waals surface area contributed by atoms with E-state index in [9.17, 15) is 19.2 Å². The quantitative estimate of drug-likeness (QED) is 0.603. The molecule has 0 fully saturated rings. The molecule has 0 aliphatic rings. The van der Waals surface area contributed by atoms with Gasteiger partial charge in [-0.15, -0.1) is 0 Å². The molecular formula is C11H16O7. The molecule has 7 nitrogen and oxygen atoms in total. The van der Waals surface area contributed by atoms with Crippen molar-refractivity contribution in [1.82, 2.24) is 0 Å². The number of hydrogen-bond donors (Lipinski definition) is 2. The van der Waals surface area contributed by atoms with E-state index in [2.05, 4.69) is 4.74 Å². The highest BCUT2D eigenvalue weighted by atomic mass is 16.5. The molecule has 2 unspecified atom stereocenters. The fourth-order valence-electron chi connectivity index (χ4n) is 1.15. The molecular weight excluding hydrogens is 244 g/mol. The molecule has 0 aromatic rings. The predicted octanol–water partition coefficient (Wildman–Crippen LogP) is 0.320. The van der Waals surface area contributed by atoms with Crippen LogP contribution in [0.5, 0.6) is 0 Å². The number of hydrogen-bond acceptors (Lipinski definition) is 5. The number of Topliss-reactive ketones (excluding diaryl/α,β-unsaturated/α-hetero) is 1. The minimum absolute atomic E-state index is 0.332. The summed E-state index contributed by atoms with van der Waals surface area (Å²) in [6.07, 6.45) is -0.710. The highest BCUT2D eigenvalue weighted by Crippen LogP contribution is 2.07. The molecule has 0 aromatic carbocycles. The lowest BCUT2D eigenvalue weighted by atomic mass is 10.0. The number of ketones is 1. The first kappa shape index (κ1) is 16.1. The summed E-state index contributed by atoms with van der Waals surface area (Å²) >= 11 is 0. The van der Waals surface area contributed by atoms with Gasteiger partial charge in [0.25, 0.3) is 0 Å². The van der Waals surface area contributed by atoms with Gasteiger partial charge in [-0.2, -0.15) is 0 Å². The maximum atomic E-state index is 11.4. The van der Waals surface area contributed by atoms with Crippen molar-refractivity contribution in [2.24, 2.45) is 11.8 Å². The van der Waals surface area contributed by atoms with E-state index in [1.165, 1.54) is 13.8 Å². The monoisotopic (exact) mass is 260 g/mol. The van der Waals surface area contributed by atoms with Crippen LogP contribution in [0.3, 0.4) is 0 Å². The van der Waals surface area contributed by atoms with Crippen molar-refractivity contribution in [3.05, 3.63) is 0 Å². The first-order chi connectivity index (χ1) is 8.23. The third kappa shape index (κ3) is 6.62. The van der Waals surface area contributed by atoms with Crippen LogP contribution in [-0.4, -0.2) is 40.5 Å². The summed E-state index contributed by atoms with van der Waals surface area (Å²) in [7, 11) is 0. The molecule has 2 N–H and O–H groups in total. The van der Waals surface area contributed by atoms with Crippen LogP contribution in [0.1, 0.15) is 26.7 Å². The van der Waals surface area contributed by atoms with Crippen LogP contribution in [0.15, 0.2) is 0 Å². The number of esters is 1. The molecule has 7 heteroatoms. The molecule has 0 amide bonds. The number of ether oxygens (including phenoxy) is 1. The Kier molecular flexibility index (Phi) is 6.62. The molecule has 18 heavy (non-hydrogen) atoms. The van der Waals surface area contributed by atoms with Crippen molar-refractivity contribution < 1.29 is 34.1 Å². The summed E-state index contributed by atoms with van der Waals surface area (Å²) in [5.41, 5.74) is 0. The molecule has 0 saturated carbocycles. The van der Waals surface area contributed by atoms with E-state index in [0.29, 0.717) is 0 Å². The largest absolute Gasteiger partial charge is 0.481 e. The molecule has 0 aliphatic heterocycles. The van der Waals surface area contributed by atoms with Crippen LogP contribution in [0.4, 0.5) is 0 Å². The summed E-state index contributed by atoms with van der Waals surface area (Å²) in [5.74, 6) is -5.12. The number of carbonyl (C=O) groups excluding carboxylic acids is 2. The molecule has 2 atom stereocenters. The Labute approximate surface area is 104 Å². The highest BCUT2D eigenvalue weighted by Gasteiger charge is 2.21. The molecule has 0 saturated heterocycles. The van der Waals surface area contributed by atoms with Gasteiger partial charge in [0.2, 0.25) is 0 Å². The second-order valence-electron chi connectivity index (χ2n) is 4.07. The zero-order valence-corrected chi connectivity index (χ0v) is 10.2. The number of rotatable bonds is 8. The van der Waals surface area contributed by atoms with Crippen LogP contribution in [-0.2, 0) is 23.9 Å². The Hall–Kier alpha value is -1.92. The van der Waals surface area contributed by atoms with E-state index in [-0.39, 0.29) is 12.8 Å². The van der Waals surface area contributed by atoms with Crippen molar-refractivity contribution >= 4 is 23.7 Å². The van der Waals surface area contributed by atoms with Crippen molar-refractivity contribution in [2.45, 2.75) is 26.7 Å². The first-order valence-corrected chi connectivity index (χ1v) is 5.37. The van der Waals surface area contributed by atoms with Gasteiger partial charge in [0.1, 0.15) is 6.61 Å². The molecule has 0 aromatic heterocycles. The average Bonchev–Trinajstić information content (AvgIpc) is 2.23. The number of carbonyl (C=O) groups is 4. The summed E-state index contributed by atoms with van der Waals surface area (Å²) in [5, 5.41) is 16.9. The van der Waals surface area contributed by atoms with Gasteiger partial charge in [-0.05, 0) is 0 Å². The van der Waals surface area contributed by atoms with E-state index in [4.69, 9.17) is 10.2 Å². The summed E-state index contributed by atoms with van der Waals surface area (Å²) in [6.45, 7) is 2.27. The van der Waals surface area contributed by atoms with Crippen LogP contribution >= 0.6 is 0 Å². The van der Waals surface area contributed by atoms with Crippen molar-refractivity contribution in [1.29, 1.82) is 0 Å². The van der Waals surface area contributed by atoms with Gasteiger partial charge >= 0.3 is 17.9 Å². The van der Waals surface area contributed by atoms with E-state index < -0.39 is 42.1 Å². The fraction of sp³-hybridized carbons (Fsp3) is 0.636. The van der Waals surface area contributed by atoms with Gasteiger partial charge in [0, 0.05) is 5.92 Å². The second kappa shape index (κ2) is 7.41. The maximum Gasteiger partial charge on any atom is 0.309 e.